The average Bonchev–Trinajstić information content (AvgIpc) is 3.47. The van der Waals surface area contributed by atoms with E-state index in [1.807, 2.05) is 16.8 Å². The molecule has 0 saturated carbocycles. The number of nitrogens with zero attached hydrogens (tertiary/aromatic N) is 4. The van der Waals surface area contributed by atoms with Crippen molar-refractivity contribution in [3.8, 4) is 11.4 Å². The van der Waals surface area contributed by atoms with Crippen LogP contribution in [0.3, 0.4) is 0 Å². The van der Waals surface area contributed by atoms with E-state index in [-0.39, 0.29) is 0 Å². The van der Waals surface area contributed by atoms with Crippen LogP contribution in [0.4, 0.5) is 0 Å². The molecule has 5 rings (SSSR count). The highest BCUT2D eigenvalue weighted by molar-refractivity contribution is 7.89. The van der Waals surface area contributed by atoms with Crippen molar-refractivity contribution in [2.75, 3.05) is 6.54 Å². The van der Waals surface area contributed by atoms with Gasteiger partial charge in [-0.25, -0.2) is 13.4 Å². The van der Waals surface area contributed by atoms with Gasteiger partial charge >= 0.3 is 0 Å². The highest BCUT2D eigenvalue weighted by atomic mass is 32.2. The maximum atomic E-state index is 13.4. The van der Waals surface area contributed by atoms with Crippen LogP contribution in [0.25, 0.3) is 11.4 Å². The third-order valence-electron chi connectivity index (χ3n) is 5.92. The summed E-state index contributed by atoms with van der Waals surface area (Å²) in [6, 6.07) is 5.60. The summed E-state index contributed by atoms with van der Waals surface area (Å²) in [7, 11) is -3.56. The molecule has 0 fully saturated rings. The van der Waals surface area contributed by atoms with Gasteiger partial charge in [0.25, 0.3) is 0 Å². The van der Waals surface area contributed by atoms with Crippen molar-refractivity contribution in [2.45, 2.75) is 57.0 Å². The van der Waals surface area contributed by atoms with Crippen molar-refractivity contribution in [3.63, 3.8) is 0 Å². The zero-order valence-corrected chi connectivity index (χ0v) is 17.3. The minimum Gasteiger partial charge on any atom is -0.451 e. The Kier molecular flexibility index (Phi) is 4.55. The zero-order valence-electron chi connectivity index (χ0n) is 16.5. The molecule has 3 heterocycles. The van der Waals surface area contributed by atoms with E-state index < -0.39 is 10.0 Å². The summed E-state index contributed by atoms with van der Waals surface area (Å²) < 4.78 is 35.5. The first-order chi connectivity index (χ1) is 14.1. The van der Waals surface area contributed by atoms with Gasteiger partial charge in [0.05, 0.1) is 4.90 Å². The lowest BCUT2D eigenvalue weighted by atomic mass is 10.1. The third-order valence-corrected chi connectivity index (χ3v) is 7.76. The third kappa shape index (κ3) is 3.11. The van der Waals surface area contributed by atoms with E-state index >= 15 is 0 Å². The topological polar surface area (TPSA) is 81.2 Å². The van der Waals surface area contributed by atoms with Crippen molar-refractivity contribution in [1.82, 2.24) is 19.1 Å². The average molecular weight is 413 g/mol. The highest BCUT2D eigenvalue weighted by Crippen LogP contribution is 2.33. The molecule has 0 N–H and O–H groups in total. The predicted octanol–water partition coefficient (Wildman–Crippen LogP) is 3.18. The van der Waals surface area contributed by atoms with Crippen LogP contribution in [0.1, 0.15) is 42.1 Å². The van der Waals surface area contributed by atoms with Crippen molar-refractivity contribution < 1.29 is 12.8 Å². The van der Waals surface area contributed by atoms with Crippen molar-refractivity contribution >= 4 is 10.0 Å². The molecule has 1 aliphatic heterocycles. The summed E-state index contributed by atoms with van der Waals surface area (Å²) in [6.07, 6.45) is 7.65. The summed E-state index contributed by atoms with van der Waals surface area (Å²) in [4.78, 5) is 4.64. The summed E-state index contributed by atoms with van der Waals surface area (Å²) >= 11 is 0. The maximum absolute atomic E-state index is 13.4. The first kappa shape index (κ1) is 18.6. The Labute approximate surface area is 170 Å². The van der Waals surface area contributed by atoms with E-state index in [1.165, 1.54) is 17.5 Å². The Morgan fingerprint density at radius 3 is 2.83 bits per heavy atom. The molecule has 0 bridgehead atoms. The first-order valence-electron chi connectivity index (χ1n) is 10.2. The molecule has 3 aromatic rings. The molecule has 0 saturated heterocycles. The van der Waals surface area contributed by atoms with E-state index in [0.717, 1.165) is 49.2 Å². The highest BCUT2D eigenvalue weighted by Gasteiger charge is 2.33. The minimum atomic E-state index is -3.56. The standard InChI is InChI=1S/C21H24N4O3S/c1-2-9-25-20-8-10-24(12-18(20)21(23-25)19-13-28-14-22-19)29(26,27)17-7-6-15-4-3-5-16(15)11-17/h6-7,11,13-14H,2-5,8-10,12H2,1H3. The monoisotopic (exact) mass is 412 g/mol. The number of sulfonamides is 1. The van der Waals surface area contributed by atoms with Crippen LogP contribution in [-0.4, -0.2) is 34.0 Å². The van der Waals surface area contributed by atoms with Crippen LogP contribution in [0.15, 0.2) is 40.2 Å². The molecule has 7 nitrogen and oxygen atoms in total. The molecule has 1 aromatic carbocycles. The fourth-order valence-electron chi connectivity index (χ4n) is 4.46. The first-order valence-corrected chi connectivity index (χ1v) is 11.6. The van der Waals surface area contributed by atoms with Gasteiger partial charge in [0.15, 0.2) is 6.39 Å². The molecule has 29 heavy (non-hydrogen) atoms. The fraction of sp³-hybridized carbons (Fsp3) is 0.429. The van der Waals surface area contributed by atoms with Gasteiger partial charge in [0.2, 0.25) is 10.0 Å². The van der Waals surface area contributed by atoms with Gasteiger partial charge in [-0.05, 0) is 48.9 Å². The molecule has 0 unspecified atom stereocenters. The molecule has 0 spiro atoms. The van der Waals surface area contributed by atoms with Crippen LogP contribution in [-0.2, 0) is 42.4 Å². The molecule has 0 amide bonds. The number of hydrogen-bond donors (Lipinski definition) is 0. The molecular formula is C21H24N4O3S. The van der Waals surface area contributed by atoms with E-state index in [9.17, 15) is 8.42 Å². The van der Waals surface area contributed by atoms with Crippen LogP contribution in [0, 0.1) is 0 Å². The second kappa shape index (κ2) is 7.11. The zero-order chi connectivity index (χ0) is 20.0. The largest absolute Gasteiger partial charge is 0.451 e. The van der Waals surface area contributed by atoms with Crippen molar-refractivity contribution in [3.05, 3.63) is 53.2 Å². The Morgan fingerprint density at radius 2 is 2.03 bits per heavy atom. The van der Waals surface area contributed by atoms with E-state index in [2.05, 4.69) is 11.9 Å². The minimum absolute atomic E-state index is 0.306. The number of aromatic nitrogens is 3. The number of aryl methyl sites for hydroxylation is 3. The predicted molar refractivity (Wildman–Crippen MR) is 108 cm³/mol. The van der Waals surface area contributed by atoms with Gasteiger partial charge in [-0.3, -0.25) is 4.68 Å². The summed E-state index contributed by atoms with van der Waals surface area (Å²) in [5, 5.41) is 4.73. The number of rotatable bonds is 5. The van der Waals surface area contributed by atoms with Gasteiger partial charge in [-0.2, -0.15) is 9.40 Å². The molecule has 152 valence electrons. The lowest BCUT2D eigenvalue weighted by Gasteiger charge is -2.27. The quantitative estimate of drug-likeness (QED) is 0.643. The van der Waals surface area contributed by atoms with E-state index in [4.69, 9.17) is 9.52 Å². The molecule has 1 aliphatic carbocycles. The Balaban J connectivity index is 1.52. The normalized spacial score (nSPS) is 16.7. The molecule has 2 aliphatic rings. The summed E-state index contributed by atoms with van der Waals surface area (Å²) in [5.74, 6) is 0. The second-order valence-electron chi connectivity index (χ2n) is 7.74. The lowest BCUT2D eigenvalue weighted by molar-refractivity contribution is 0.383. The van der Waals surface area contributed by atoms with Gasteiger partial charge in [-0.15, -0.1) is 0 Å². The molecule has 8 heteroatoms. The number of fused-ring (bicyclic) bond motifs is 2. The lowest BCUT2D eigenvalue weighted by Crippen LogP contribution is -2.36. The Hall–Kier alpha value is -2.45. The number of benzene rings is 1. The molecule has 2 aromatic heterocycles. The van der Waals surface area contributed by atoms with Crippen molar-refractivity contribution in [1.29, 1.82) is 0 Å². The van der Waals surface area contributed by atoms with E-state index in [0.29, 0.717) is 30.1 Å². The number of hydrogen-bond acceptors (Lipinski definition) is 5. The molecular weight excluding hydrogens is 388 g/mol. The van der Waals surface area contributed by atoms with Gasteiger partial charge in [0, 0.05) is 37.3 Å². The van der Waals surface area contributed by atoms with Gasteiger partial charge in [0.1, 0.15) is 17.7 Å². The maximum Gasteiger partial charge on any atom is 0.243 e. The Morgan fingerprint density at radius 1 is 1.17 bits per heavy atom. The smallest absolute Gasteiger partial charge is 0.243 e. The van der Waals surface area contributed by atoms with Crippen LogP contribution >= 0.6 is 0 Å². The number of oxazole rings is 1. The second-order valence-corrected chi connectivity index (χ2v) is 9.68. The van der Waals surface area contributed by atoms with E-state index in [1.54, 1.807) is 16.6 Å². The Bertz CT molecular complexity index is 1150. The van der Waals surface area contributed by atoms with Crippen LogP contribution in [0.5, 0.6) is 0 Å². The summed E-state index contributed by atoms with van der Waals surface area (Å²) in [5.41, 5.74) is 5.85. The molecule has 0 atom stereocenters. The van der Waals surface area contributed by atoms with Gasteiger partial charge < -0.3 is 4.42 Å². The van der Waals surface area contributed by atoms with Crippen LogP contribution in [0.2, 0.25) is 0 Å². The van der Waals surface area contributed by atoms with Gasteiger partial charge in [-0.1, -0.05) is 13.0 Å². The summed E-state index contributed by atoms with van der Waals surface area (Å²) in [6.45, 7) is 3.68. The van der Waals surface area contributed by atoms with Crippen LogP contribution < -0.4 is 0 Å². The SMILES string of the molecule is CCCn1nc(-c2cocn2)c2c1CCN(S(=O)(=O)c1ccc3c(c1)CCC3)C2. The van der Waals surface area contributed by atoms with Crippen molar-refractivity contribution in [2.24, 2.45) is 0 Å². The molecule has 0 radical (unpaired) electrons. The fourth-order valence-corrected chi connectivity index (χ4v) is 5.92.